The van der Waals surface area contributed by atoms with Crippen LogP contribution in [-0.2, 0) is 9.53 Å². The molecule has 7 heteroatoms. The number of amides is 1. The zero-order valence-electron chi connectivity index (χ0n) is 13.4. The second kappa shape index (κ2) is 13.6. The lowest BCUT2D eigenvalue weighted by Crippen LogP contribution is -2.47. The summed E-state index contributed by atoms with van der Waals surface area (Å²) in [6, 6.07) is 0.352. The summed E-state index contributed by atoms with van der Waals surface area (Å²) in [5.74, 6) is 0.219. The van der Waals surface area contributed by atoms with Crippen molar-refractivity contribution in [3.05, 3.63) is 0 Å². The molecule has 0 spiro atoms. The zero-order valence-corrected chi connectivity index (χ0v) is 15.0. The number of nitrogens with one attached hydrogen (secondary N) is 2. The number of hydrogen-bond donors (Lipinski definition) is 2. The number of likely N-dealkylation sites (tertiary alicyclic amines) is 1. The van der Waals surface area contributed by atoms with Gasteiger partial charge in [0.25, 0.3) is 0 Å². The predicted octanol–water partition coefficient (Wildman–Crippen LogP) is 1.30. The first-order valence-electron chi connectivity index (χ1n) is 7.33. The third-order valence-corrected chi connectivity index (χ3v) is 3.71. The van der Waals surface area contributed by atoms with Crippen LogP contribution >= 0.6 is 24.8 Å². The van der Waals surface area contributed by atoms with Crippen LogP contribution in [0.4, 0.5) is 0 Å². The van der Waals surface area contributed by atoms with Gasteiger partial charge in [-0.25, -0.2) is 0 Å². The fraction of sp³-hybridized carbons (Fsp3) is 0.929. The van der Waals surface area contributed by atoms with E-state index in [-0.39, 0.29) is 36.6 Å². The van der Waals surface area contributed by atoms with Crippen LogP contribution in [0.25, 0.3) is 0 Å². The fourth-order valence-electron chi connectivity index (χ4n) is 2.48. The highest BCUT2D eigenvalue weighted by molar-refractivity contribution is 5.85. The Morgan fingerprint density at radius 1 is 1.33 bits per heavy atom. The fourth-order valence-corrected chi connectivity index (χ4v) is 2.48. The maximum Gasteiger partial charge on any atom is 0.224 e. The lowest BCUT2D eigenvalue weighted by molar-refractivity contribution is -0.125. The third kappa shape index (κ3) is 9.53. The topological polar surface area (TPSA) is 53.6 Å². The third-order valence-electron chi connectivity index (χ3n) is 3.71. The molecule has 1 atom stereocenters. The Labute approximate surface area is 141 Å². The van der Waals surface area contributed by atoms with Gasteiger partial charge in [-0.1, -0.05) is 6.92 Å². The molecule has 0 radical (unpaired) electrons. The van der Waals surface area contributed by atoms with Crippen molar-refractivity contribution in [3.8, 4) is 0 Å². The van der Waals surface area contributed by atoms with Gasteiger partial charge in [0, 0.05) is 51.9 Å². The van der Waals surface area contributed by atoms with Crippen molar-refractivity contribution in [1.29, 1.82) is 0 Å². The summed E-state index contributed by atoms with van der Waals surface area (Å²) in [5, 5.41) is 6.20. The van der Waals surface area contributed by atoms with E-state index in [1.165, 1.54) is 0 Å². The Balaban J connectivity index is 0. The van der Waals surface area contributed by atoms with Gasteiger partial charge in [-0.3, -0.25) is 4.79 Å². The van der Waals surface area contributed by atoms with E-state index in [2.05, 4.69) is 15.5 Å². The Hall–Kier alpha value is -0.0700. The molecule has 1 aliphatic rings. The van der Waals surface area contributed by atoms with Gasteiger partial charge in [0.05, 0.1) is 0 Å². The second-order valence-electron chi connectivity index (χ2n) is 5.43. The first-order chi connectivity index (χ1) is 9.17. The van der Waals surface area contributed by atoms with Crippen LogP contribution in [0.5, 0.6) is 0 Å². The van der Waals surface area contributed by atoms with Crippen molar-refractivity contribution in [2.45, 2.75) is 32.2 Å². The van der Waals surface area contributed by atoms with Gasteiger partial charge in [-0.2, -0.15) is 0 Å². The van der Waals surface area contributed by atoms with E-state index in [1.807, 2.05) is 14.0 Å². The molecule has 1 heterocycles. The molecule has 1 fully saturated rings. The van der Waals surface area contributed by atoms with Crippen LogP contribution in [0, 0.1) is 5.92 Å². The molecule has 0 aromatic heterocycles. The molecule has 0 bridgehead atoms. The van der Waals surface area contributed by atoms with E-state index in [4.69, 9.17) is 4.74 Å². The summed E-state index contributed by atoms with van der Waals surface area (Å²) in [6.07, 6.45) is 3.21. The number of carbonyl (C=O) groups excluding carboxylic acids is 1. The van der Waals surface area contributed by atoms with E-state index in [0.717, 1.165) is 52.0 Å². The normalized spacial score (nSPS) is 17.5. The van der Waals surface area contributed by atoms with E-state index >= 15 is 0 Å². The van der Waals surface area contributed by atoms with Crippen LogP contribution in [-0.4, -0.2) is 63.8 Å². The molecule has 21 heavy (non-hydrogen) atoms. The molecule has 1 unspecified atom stereocenters. The Morgan fingerprint density at radius 3 is 2.48 bits per heavy atom. The van der Waals surface area contributed by atoms with Crippen molar-refractivity contribution >= 4 is 30.7 Å². The number of rotatable bonds is 8. The molecule has 1 aliphatic heterocycles. The molecular weight excluding hydrogens is 313 g/mol. The number of carbonyl (C=O) groups is 1. The molecule has 0 aromatic rings. The highest BCUT2D eigenvalue weighted by atomic mass is 35.5. The molecule has 1 rings (SSSR count). The molecule has 0 aromatic carbocycles. The van der Waals surface area contributed by atoms with Crippen molar-refractivity contribution in [2.24, 2.45) is 5.92 Å². The highest BCUT2D eigenvalue weighted by Crippen LogP contribution is 2.11. The second-order valence-corrected chi connectivity index (χ2v) is 5.43. The standard InChI is InChI=1S/C14H29N3O2.2ClH/c1-12(11-15-2)14(18)16-13-5-8-17(9-6-13)7-4-10-19-3;;/h12-13,15H,4-11H2,1-3H3,(H,16,18);2*1H. The van der Waals surface area contributed by atoms with Crippen molar-refractivity contribution in [3.63, 3.8) is 0 Å². The van der Waals surface area contributed by atoms with Crippen LogP contribution in [0.15, 0.2) is 0 Å². The van der Waals surface area contributed by atoms with E-state index in [9.17, 15) is 4.79 Å². The molecule has 0 aliphatic carbocycles. The molecule has 1 saturated heterocycles. The molecule has 2 N–H and O–H groups in total. The van der Waals surface area contributed by atoms with Gasteiger partial charge in [0.15, 0.2) is 0 Å². The quantitative estimate of drug-likeness (QED) is 0.652. The Bertz CT molecular complexity index is 263. The van der Waals surface area contributed by atoms with Crippen LogP contribution < -0.4 is 10.6 Å². The molecule has 5 nitrogen and oxygen atoms in total. The molecular formula is C14H31Cl2N3O2. The van der Waals surface area contributed by atoms with Crippen LogP contribution in [0.1, 0.15) is 26.2 Å². The average Bonchev–Trinajstić information content (AvgIpc) is 2.41. The van der Waals surface area contributed by atoms with Gasteiger partial charge >= 0.3 is 0 Å². The minimum atomic E-state index is 0. The average molecular weight is 344 g/mol. The summed E-state index contributed by atoms with van der Waals surface area (Å²) in [6.45, 7) is 6.79. The molecule has 128 valence electrons. The zero-order chi connectivity index (χ0) is 14.1. The first kappa shape index (κ1) is 23.2. The highest BCUT2D eigenvalue weighted by Gasteiger charge is 2.22. The van der Waals surface area contributed by atoms with Crippen molar-refractivity contribution < 1.29 is 9.53 Å². The number of hydrogen-bond acceptors (Lipinski definition) is 4. The summed E-state index contributed by atoms with van der Waals surface area (Å²) in [5.41, 5.74) is 0. The maximum absolute atomic E-state index is 11.9. The monoisotopic (exact) mass is 343 g/mol. The number of halogens is 2. The number of ether oxygens (including phenoxy) is 1. The maximum atomic E-state index is 11.9. The predicted molar refractivity (Wildman–Crippen MR) is 91.7 cm³/mol. The smallest absolute Gasteiger partial charge is 0.224 e. The lowest BCUT2D eigenvalue weighted by atomic mass is 10.0. The minimum absolute atomic E-state index is 0. The summed E-state index contributed by atoms with van der Waals surface area (Å²) >= 11 is 0. The minimum Gasteiger partial charge on any atom is -0.385 e. The van der Waals surface area contributed by atoms with Crippen molar-refractivity contribution in [2.75, 3.05) is 46.9 Å². The van der Waals surface area contributed by atoms with Gasteiger partial charge in [-0.05, 0) is 26.3 Å². The van der Waals surface area contributed by atoms with Crippen LogP contribution in [0.3, 0.4) is 0 Å². The first-order valence-corrected chi connectivity index (χ1v) is 7.33. The largest absolute Gasteiger partial charge is 0.385 e. The van der Waals surface area contributed by atoms with Gasteiger partial charge in [-0.15, -0.1) is 24.8 Å². The van der Waals surface area contributed by atoms with Gasteiger partial charge in [0.2, 0.25) is 5.91 Å². The van der Waals surface area contributed by atoms with E-state index in [1.54, 1.807) is 7.11 Å². The summed E-state index contributed by atoms with van der Waals surface area (Å²) in [7, 11) is 3.62. The Morgan fingerprint density at radius 2 is 1.95 bits per heavy atom. The SMILES string of the molecule is CNCC(C)C(=O)NC1CCN(CCCOC)CC1.Cl.Cl. The van der Waals surface area contributed by atoms with E-state index in [0.29, 0.717) is 6.04 Å². The van der Waals surface area contributed by atoms with Gasteiger partial charge in [0.1, 0.15) is 0 Å². The molecule has 1 amide bonds. The van der Waals surface area contributed by atoms with E-state index < -0.39 is 0 Å². The summed E-state index contributed by atoms with van der Waals surface area (Å²) in [4.78, 5) is 14.4. The number of piperidine rings is 1. The molecule has 0 saturated carbocycles. The number of nitrogens with zero attached hydrogens (tertiary/aromatic N) is 1. The Kier molecular flexibility index (Phi) is 15.0. The summed E-state index contributed by atoms with van der Waals surface area (Å²) < 4.78 is 5.07. The lowest BCUT2D eigenvalue weighted by Gasteiger charge is -2.32. The number of methoxy groups -OCH3 is 1. The van der Waals surface area contributed by atoms with Crippen LogP contribution in [0.2, 0.25) is 0 Å². The van der Waals surface area contributed by atoms with Crippen molar-refractivity contribution in [1.82, 2.24) is 15.5 Å². The van der Waals surface area contributed by atoms with Gasteiger partial charge < -0.3 is 20.3 Å².